The molecule has 13 nitrogen and oxygen atoms in total. The molecule has 2 fully saturated rings. The Bertz CT molecular complexity index is 1250. The van der Waals surface area contributed by atoms with Crippen LogP contribution in [0, 0.1) is 0 Å². The molecular weight excluding hydrogens is 520 g/mol. The van der Waals surface area contributed by atoms with Gasteiger partial charge in [-0.05, 0) is 12.1 Å². The smallest absolute Gasteiger partial charge is 0.229 e. The second kappa shape index (κ2) is 10.9. The van der Waals surface area contributed by atoms with Crippen LogP contribution < -0.4 is 9.47 Å². The van der Waals surface area contributed by atoms with Gasteiger partial charge in [0.25, 0.3) is 0 Å². The number of aliphatic hydroxyl groups is 6. The standard InChI is InChI=1S/C26H28O13/c1-35-24-14(7-6-12-16(24)18(29)11-5-3-2-4-10(11)17(12)28)38-26-23(34)21(32)20(31)15(39-26)9-37-25-22(33)19(30)13(27)8-36-25/h2-7,13,15,19-23,25-27,30-34H,8-9H2,1H3/t13-,15-,19+,20-,21+,22-,23-,25+,26-/m1/s1. The maximum absolute atomic E-state index is 13.3. The van der Waals surface area contributed by atoms with Crippen molar-refractivity contribution in [2.75, 3.05) is 20.3 Å². The fourth-order valence-electron chi connectivity index (χ4n) is 4.82. The van der Waals surface area contributed by atoms with Crippen LogP contribution in [0.1, 0.15) is 31.8 Å². The lowest BCUT2D eigenvalue weighted by Crippen LogP contribution is -2.61. The summed E-state index contributed by atoms with van der Waals surface area (Å²) in [4.78, 5) is 26.3. The number of fused-ring (bicyclic) bond motifs is 2. The Labute approximate surface area is 221 Å². The van der Waals surface area contributed by atoms with E-state index in [1.165, 1.54) is 25.3 Å². The van der Waals surface area contributed by atoms with E-state index in [2.05, 4.69) is 0 Å². The summed E-state index contributed by atoms with van der Waals surface area (Å²) in [6, 6.07) is 9.09. The summed E-state index contributed by atoms with van der Waals surface area (Å²) < 4.78 is 27.4. The molecule has 0 radical (unpaired) electrons. The number of hydrogen-bond acceptors (Lipinski definition) is 13. The number of carbonyl (C=O) groups excluding carboxylic acids is 2. The van der Waals surface area contributed by atoms with Gasteiger partial charge in [-0.3, -0.25) is 9.59 Å². The summed E-state index contributed by atoms with van der Waals surface area (Å²) in [6.07, 6.45) is -13.8. The van der Waals surface area contributed by atoms with Crippen LogP contribution in [0.3, 0.4) is 0 Å². The number of hydrogen-bond donors (Lipinski definition) is 6. The highest BCUT2D eigenvalue weighted by atomic mass is 16.7. The largest absolute Gasteiger partial charge is 0.492 e. The highest BCUT2D eigenvalue weighted by Gasteiger charge is 2.47. The molecule has 2 aromatic rings. The molecule has 13 heteroatoms. The Balaban J connectivity index is 1.36. The molecule has 2 aromatic carbocycles. The Morgan fingerprint density at radius 2 is 1.46 bits per heavy atom. The Hall–Kier alpha value is -2.98. The van der Waals surface area contributed by atoms with E-state index >= 15 is 0 Å². The van der Waals surface area contributed by atoms with E-state index in [9.17, 15) is 40.2 Å². The highest BCUT2D eigenvalue weighted by molar-refractivity contribution is 6.29. The minimum atomic E-state index is -1.75. The van der Waals surface area contributed by atoms with E-state index in [0.29, 0.717) is 0 Å². The molecule has 0 aromatic heterocycles. The summed E-state index contributed by atoms with van der Waals surface area (Å²) >= 11 is 0. The number of ketones is 2. The van der Waals surface area contributed by atoms with Gasteiger partial charge in [-0.2, -0.15) is 0 Å². The monoisotopic (exact) mass is 548 g/mol. The van der Waals surface area contributed by atoms with Crippen LogP contribution in [-0.4, -0.2) is 118 Å². The third kappa shape index (κ3) is 4.82. The van der Waals surface area contributed by atoms with Gasteiger partial charge in [0.05, 0.1) is 25.9 Å². The lowest BCUT2D eigenvalue weighted by molar-refractivity contribution is -0.307. The Morgan fingerprint density at radius 3 is 2.15 bits per heavy atom. The van der Waals surface area contributed by atoms with E-state index < -0.39 is 67.7 Å². The number of aliphatic hydroxyl groups excluding tert-OH is 6. The van der Waals surface area contributed by atoms with Crippen molar-refractivity contribution in [3.63, 3.8) is 0 Å². The van der Waals surface area contributed by atoms with Crippen LogP contribution in [-0.2, 0) is 14.2 Å². The van der Waals surface area contributed by atoms with Crippen molar-refractivity contribution < 1.29 is 63.9 Å². The average molecular weight is 548 g/mol. The van der Waals surface area contributed by atoms with E-state index in [0.717, 1.165) is 0 Å². The molecule has 2 aliphatic heterocycles. The molecule has 2 saturated heterocycles. The van der Waals surface area contributed by atoms with Gasteiger partial charge in [0.15, 0.2) is 29.4 Å². The molecule has 0 unspecified atom stereocenters. The summed E-state index contributed by atoms with van der Waals surface area (Å²) in [5.41, 5.74) is 0.521. The van der Waals surface area contributed by atoms with Gasteiger partial charge in [0.1, 0.15) is 42.7 Å². The minimum Gasteiger partial charge on any atom is -0.492 e. The van der Waals surface area contributed by atoms with Crippen molar-refractivity contribution in [1.29, 1.82) is 0 Å². The number of benzene rings is 2. The highest BCUT2D eigenvalue weighted by Crippen LogP contribution is 2.40. The van der Waals surface area contributed by atoms with Gasteiger partial charge < -0.3 is 54.3 Å². The second-order valence-electron chi connectivity index (χ2n) is 9.44. The number of carbonyl (C=O) groups is 2. The lowest BCUT2D eigenvalue weighted by atomic mass is 9.83. The fraction of sp³-hybridized carbons (Fsp3) is 0.462. The molecule has 210 valence electrons. The first-order valence-electron chi connectivity index (χ1n) is 12.2. The van der Waals surface area contributed by atoms with Crippen molar-refractivity contribution >= 4 is 11.6 Å². The van der Waals surface area contributed by atoms with E-state index in [1.54, 1.807) is 18.2 Å². The normalized spacial score (nSPS) is 34.3. The number of rotatable bonds is 6. The van der Waals surface area contributed by atoms with Crippen molar-refractivity contribution in [3.05, 3.63) is 58.7 Å². The third-order valence-electron chi connectivity index (χ3n) is 7.00. The lowest BCUT2D eigenvalue weighted by Gasteiger charge is -2.41. The first-order chi connectivity index (χ1) is 18.6. The molecule has 5 rings (SSSR count). The molecule has 0 spiro atoms. The number of ether oxygens (including phenoxy) is 5. The van der Waals surface area contributed by atoms with Crippen LogP contribution in [0.2, 0.25) is 0 Å². The van der Waals surface area contributed by atoms with Gasteiger partial charge in [-0.25, -0.2) is 0 Å². The van der Waals surface area contributed by atoms with Crippen LogP contribution in [0.5, 0.6) is 11.5 Å². The van der Waals surface area contributed by atoms with E-state index in [-0.39, 0.29) is 46.1 Å². The van der Waals surface area contributed by atoms with Crippen LogP contribution >= 0.6 is 0 Å². The molecule has 0 amide bonds. The number of methoxy groups -OCH3 is 1. The topological polar surface area (TPSA) is 202 Å². The molecule has 39 heavy (non-hydrogen) atoms. The Morgan fingerprint density at radius 1 is 0.795 bits per heavy atom. The Kier molecular flexibility index (Phi) is 7.70. The van der Waals surface area contributed by atoms with Crippen LogP contribution in [0.15, 0.2) is 36.4 Å². The van der Waals surface area contributed by atoms with Crippen molar-refractivity contribution in [3.8, 4) is 11.5 Å². The average Bonchev–Trinajstić information content (AvgIpc) is 2.94. The summed E-state index contributed by atoms with van der Waals surface area (Å²) in [7, 11) is 1.27. The van der Waals surface area contributed by atoms with Crippen molar-refractivity contribution in [2.24, 2.45) is 0 Å². The van der Waals surface area contributed by atoms with Crippen molar-refractivity contribution in [2.45, 2.75) is 55.3 Å². The first-order valence-corrected chi connectivity index (χ1v) is 12.2. The van der Waals surface area contributed by atoms with Gasteiger partial charge in [0.2, 0.25) is 6.29 Å². The fourth-order valence-corrected chi connectivity index (χ4v) is 4.82. The zero-order valence-electron chi connectivity index (χ0n) is 20.6. The summed E-state index contributed by atoms with van der Waals surface area (Å²) in [5, 5.41) is 60.9. The maximum atomic E-state index is 13.3. The summed E-state index contributed by atoms with van der Waals surface area (Å²) in [6.45, 7) is -0.783. The predicted molar refractivity (Wildman–Crippen MR) is 127 cm³/mol. The maximum Gasteiger partial charge on any atom is 0.229 e. The molecule has 0 saturated carbocycles. The first kappa shape index (κ1) is 27.6. The molecule has 2 heterocycles. The van der Waals surface area contributed by atoms with Crippen LogP contribution in [0.25, 0.3) is 0 Å². The zero-order chi connectivity index (χ0) is 28.0. The SMILES string of the molecule is COc1c(O[C@@H]2O[C@H](CO[C@@H]3OC[C@@H](O)[C@H](O)[C@H]3O)[C@@H](O)[C@H](O)[C@H]2O)ccc2c1C(=O)c1ccccc1C2=O. The predicted octanol–water partition coefficient (Wildman–Crippen LogP) is -1.89. The molecular formula is C26H28O13. The van der Waals surface area contributed by atoms with Gasteiger partial charge in [-0.1, -0.05) is 24.3 Å². The van der Waals surface area contributed by atoms with Gasteiger partial charge >= 0.3 is 0 Å². The molecule has 0 bridgehead atoms. The van der Waals surface area contributed by atoms with E-state index in [4.69, 9.17) is 23.7 Å². The third-order valence-corrected chi connectivity index (χ3v) is 7.00. The second-order valence-corrected chi connectivity index (χ2v) is 9.44. The molecule has 6 N–H and O–H groups in total. The van der Waals surface area contributed by atoms with Gasteiger partial charge in [0, 0.05) is 16.7 Å². The van der Waals surface area contributed by atoms with Crippen LogP contribution in [0.4, 0.5) is 0 Å². The summed E-state index contributed by atoms with van der Waals surface area (Å²) in [5.74, 6) is -1.00. The quantitative estimate of drug-likeness (QED) is 0.200. The molecule has 3 aliphatic rings. The zero-order valence-corrected chi connectivity index (χ0v) is 20.6. The molecule has 1 aliphatic carbocycles. The minimum absolute atomic E-state index is 0.0337. The molecule has 9 atom stereocenters. The van der Waals surface area contributed by atoms with Gasteiger partial charge in [-0.15, -0.1) is 0 Å². The van der Waals surface area contributed by atoms with E-state index in [1.807, 2.05) is 0 Å². The van der Waals surface area contributed by atoms with Crippen molar-refractivity contribution in [1.82, 2.24) is 0 Å².